The largest absolute Gasteiger partial charge is 0.301 e. The highest BCUT2D eigenvalue weighted by molar-refractivity contribution is 7.99. The van der Waals surface area contributed by atoms with Crippen molar-refractivity contribution in [3.8, 4) is 0 Å². The minimum Gasteiger partial charge on any atom is -0.301 e. The highest BCUT2D eigenvalue weighted by Gasteiger charge is 2.23. The van der Waals surface area contributed by atoms with Gasteiger partial charge in [0, 0.05) is 10.8 Å². The van der Waals surface area contributed by atoms with E-state index in [-0.39, 0.29) is 23.1 Å². The van der Waals surface area contributed by atoms with Gasteiger partial charge in [0.2, 0.25) is 11.0 Å². The number of fused-ring (bicyclic) bond motifs is 3. The first-order chi connectivity index (χ1) is 13.4. The van der Waals surface area contributed by atoms with Crippen molar-refractivity contribution in [2.24, 2.45) is 5.92 Å². The van der Waals surface area contributed by atoms with E-state index in [4.69, 9.17) is 0 Å². The summed E-state index contributed by atoms with van der Waals surface area (Å²) >= 11 is 4.21. The molecule has 4 rings (SSSR count). The smallest absolute Gasteiger partial charge is 0.260 e. The molecule has 0 fully saturated rings. The Morgan fingerprint density at radius 3 is 2.93 bits per heavy atom. The van der Waals surface area contributed by atoms with E-state index in [1.165, 1.54) is 33.5 Å². The van der Waals surface area contributed by atoms with E-state index in [1.807, 2.05) is 13.8 Å². The SMILES string of the molecule is CC1CCc2c(sc3nc(SCC(=O)Nc4nnc(C(C)C)s4)[nH]c(=O)c23)C1. The van der Waals surface area contributed by atoms with Gasteiger partial charge >= 0.3 is 0 Å². The van der Waals surface area contributed by atoms with E-state index in [0.29, 0.717) is 16.2 Å². The molecule has 1 aliphatic carbocycles. The van der Waals surface area contributed by atoms with Crippen LogP contribution in [0.1, 0.15) is 48.6 Å². The van der Waals surface area contributed by atoms with Gasteiger partial charge in [0.05, 0.1) is 11.1 Å². The summed E-state index contributed by atoms with van der Waals surface area (Å²) in [6, 6.07) is 0. The zero-order chi connectivity index (χ0) is 19.8. The van der Waals surface area contributed by atoms with Gasteiger partial charge < -0.3 is 4.98 Å². The number of anilines is 1. The van der Waals surface area contributed by atoms with Gasteiger partial charge in [0.1, 0.15) is 9.84 Å². The molecule has 2 N–H and O–H groups in total. The van der Waals surface area contributed by atoms with Crippen molar-refractivity contribution < 1.29 is 4.79 Å². The Balaban J connectivity index is 1.46. The fourth-order valence-electron chi connectivity index (χ4n) is 3.21. The number of thioether (sulfide) groups is 1. The lowest BCUT2D eigenvalue weighted by molar-refractivity contribution is -0.113. The highest BCUT2D eigenvalue weighted by Crippen LogP contribution is 2.36. The number of carbonyl (C=O) groups excluding carboxylic acids is 1. The van der Waals surface area contributed by atoms with Gasteiger partial charge in [-0.15, -0.1) is 21.5 Å². The molecular formula is C18H21N5O2S3. The number of aromatic nitrogens is 4. The van der Waals surface area contributed by atoms with E-state index in [0.717, 1.165) is 34.5 Å². The Hall–Kier alpha value is -1.78. The predicted octanol–water partition coefficient (Wildman–Crippen LogP) is 3.82. The van der Waals surface area contributed by atoms with Crippen molar-refractivity contribution in [1.82, 2.24) is 20.2 Å². The Morgan fingerprint density at radius 2 is 2.18 bits per heavy atom. The third-order valence-corrected chi connectivity index (χ3v) is 7.83. The summed E-state index contributed by atoms with van der Waals surface area (Å²) in [4.78, 5) is 34.3. The van der Waals surface area contributed by atoms with Gasteiger partial charge in [-0.1, -0.05) is 43.9 Å². The Morgan fingerprint density at radius 1 is 1.36 bits per heavy atom. The van der Waals surface area contributed by atoms with E-state index in [2.05, 4.69) is 32.4 Å². The van der Waals surface area contributed by atoms with Crippen LogP contribution in [0.15, 0.2) is 9.95 Å². The lowest BCUT2D eigenvalue weighted by Gasteiger charge is -2.17. The van der Waals surface area contributed by atoms with Crippen molar-refractivity contribution in [1.29, 1.82) is 0 Å². The molecule has 1 aliphatic rings. The number of nitrogens with zero attached hydrogens (tertiary/aromatic N) is 3. The number of aromatic amines is 1. The van der Waals surface area contributed by atoms with E-state index in [9.17, 15) is 9.59 Å². The number of nitrogens with one attached hydrogen (secondary N) is 2. The molecule has 28 heavy (non-hydrogen) atoms. The Bertz CT molecular complexity index is 1080. The van der Waals surface area contributed by atoms with Crippen LogP contribution in [0.5, 0.6) is 0 Å². The molecule has 1 unspecified atom stereocenters. The van der Waals surface area contributed by atoms with Crippen LogP contribution in [-0.2, 0) is 17.6 Å². The molecule has 0 saturated heterocycles. The number of rotatable bonds is 5. The van der Waals surface area contributed by atoms with Gasteiger partial charge in [0.15, 0.2) is 5.16 Å². The number of amides is 1. The molecule has 0 aliphatic heterocycles. The Labute approximate surface area is 174 Å². The highest BCUT2D eigenvalue weighted by atomic mass is 32.2. The van der Waals surface area contributed by atoms with Gasteiger partial charge in [-0.2, -0.15) is 0 Å². The van der Waals surface area contributed by atoms with Gasteiger partial charge in [-0.3, -0.25) is 14.9 Å². The minimum atomic E-state index is -0.196. The van der Waals surface area contributed by atoms with Crippen LogP contribution in [0.25, 0.3) is 10.2 Å². The number of carbonyl (C=O) groups is 1. The molecule has 10 heteroatoms. The van der Waals surface area contributed by atoms with Gasteiger partial charge in [-0.25, -0.2) is 4.98 Å². The second-order valence-electron chi connectivity index (χ2n) is 7.34. The van der Waals surface area contributed by atoms with Crippen molar-refractivity contribution in [3.63, 3.8) is 0 Å². The summed E-state index contributed by atoms with van der Waals surface area (Å²) in [5.74, 6) is 0.873. The monoisotopic (exact) mass is 435 g/mol. The third kappa shape index (κ3) is 3.99. The molecule has 1 atom stereocenters. The van der Waals surface area contributed by atoms with Gasteiger partial charge in [0.25, 0.3) is 5.56 Å². The van der Waals surface area contributed by atoms with Gasteiger partial charge in [-0.05, 0) is 30.7 Å². The molecule has 7 nitrogen and oxygen atoms in total. The first kappa shape index (κ1) is 19.5. The maximum absolute atomic E-state index is 12.6. The average Bonchev–Trinajstić information content (AvgIpc) is 3.24. The average molecular weight is 436 g/mol. The molecule has 148 valence electrons. The molecule has 3 heterocycles. The lowest BCUT2D eigenvalue weighted by atomic mass is 9.89. The minimum absolute atomic E-state index is 0.106. The zero-order valence-corrected chi connectivity index (χ0v) is 18.3. The van der Waals surface area contributed by atoms with Crippen molar-refractivity contribution >= 4 is 55.7 Å². The third-order valence-electron chi connectivity index (χ3n) is 4.66. The summed E-state index contributed by atoms with van der Waals surface area (Å²) in [7, 11) is 0. The van der Waals surface area contributed by atoms with E-state index < -0.39 is 0 Å². The quantitative estimate of drug-likeness (QED) is 0.467. The summed E-state index contributed by atoms with van der Waals surface area (Å²) in [6.07, 6.45) is 3.07. The summed E-state index contributed by atoms with van der Waals surface area (Å²) in [5, 5.41) is 13.4. The number of aryl methyl sites for hydroxylation is 1. The lowest BCUT2D eigenvalue weighted by Crippen LogP contribution is -2.16. The van der Waals surface area contributed by atoms with Crippen LogP contribution in [0, 0.1) is 5.92 Å². The fourth-order valence-corrected chi connectivity index (χ4v) is 6.07. The molecule has 1 amide bonds. The number of hydrogen-bond donors (Lipinski definition) is 2. The van der Waals surface area contributed by atoms with Crippen LogP contribution >= 0.6 is 34.4 Å². The molecule has 0 aromatic carbocycles. The predicted molar refractivity (Wildman–Crippen MR) is 115 cm³/mol. The number of thiophene rings is 1. The summed E-state index contributed by atoms with van der Waals surface area (Å²) in [5.41, 5.74) is 1.06. The fraction of sp³-hybridized carbons (Fsp3) is 0.500. The van der Waals surface area contributed by atoms with E-state index >= 15 is 0 Å². The van der Waals surface area contributed by atoms with Crippen LogP contribution in [0.2, 0.25) is 0 Å². The molecule has 0 saturated carbocycles. The van der Waals surface area contributed by atoms with Crippen LogP contribution < -0.4 is 10.9 Å². The van der Waals surface area contributed by atoms with Crippen LogP contribution in [0.3, 0.4) is 0 Å². The maximum Gasteiger partial charge on any atom is 0.260 e. The normalized spacial score (nSPS) is 16.5. The topological polar surface area (TPSA) is 101 Å². The molecule has 3 aromatic heterocycles. The molecule has 0 radical (unpaired) electrons. The van der Waals surface area contributed by atoms with Crippen molar-refractivity contribution in [3.05, 3.63) is 25.8 Å². The van der Waals surface area contributed by atoms with Crippen molar-refractivity contribution in [2.45, 2.75) is 51.1 Å². The number of H-pyrrole nitrogens is 1. The molecular weight excluding hydrogens is 414 g/mol. The summed E-state index contributed by atoms with van der Waals surface area (Å²) < 4.78 is 0. The number of hydrogen-bond acceptors (Lipinski definition) is 8. The molecule has 0 spiro atoms. The second kappa shape index (κ2) is 7.92. The van der Waals surface area contributed by atoms with Crippen molar-refractivity contribution in [2.75, 3.05) is 11.1 Å². The molecule has 3 aromatic rings. The van der Waals surface area contributed by atoms with E-state index in [1.54, 1.807) is 11.3 Å². The first-order valence-electron chi connectivity index (χ1n) is 9.21. The maximum atomic E-state index is 12.6. The molecule has 0 bridgehead atoms. The Kier molecular flexibility index (Phi) is 5.52. The van der Waals surface area contributed by atoms with Crippen LogP contribution in [-0.4, -0.2) is 31.8 Å². The summed E-state index contributed by atoms with van der Waals surface area (Å²) in [6.45, 7) is 6.30. The zero-order valence-electron chi connectivity index (χ0n) is 15.9. The first-order valence-corrected chi connectivity index (χ1v) is 11.8. The standard InChI is InChI=1S/C18H21N5O2S3/c1-8(2)15-22-23-18(28-15)19-12(24)7-26-17-20-14(25)13-10-5-4-9(3)6-11(10)27-16(13)21-17/h8-9H,4-7H2,1-3H3,(H,19,23,24)(H,20,21,25). The van der Waals surface area contributed by atoms with Crippen LogP contribution in [0.4, 0.5) is 5.13 Å². The second-order valence-corrected chi connectivity index (χ2v) is 10.4.